The maximum absolute atomic E-state index is 12.1. The second-order valence-corrected chi connectivity index (χ2v) is 6.38. The largest absolute Gasteiger partial charge is 0.508 e. The van der Waals surface area contributed by atoms with Crippen LogP contribution in [0.1, 0.15) is 21.5 Å². The van der Waals surface area contributed by atoms with E-state index in [4.69, 9.17) is 11.5 Å². The van der Waals surface area contributed by atoms with E-state index in [0.29, 0.717) is 27.7 Å². The van der Waals surface area contributed by atoms with Gasteiger partial charge in [-0.15, -0.1) is 5.10 Å². The van der Waals surface area contributed by atoms with Crippen LogP contribution in [0.2, 0.25) is 0 Å². The Bertz CT molecular complexity index is 1220. The van der Waals surface area contributed by atoms with Crippen molar-refractivity contribution in [3.8, 4) is 11.4 Å². The fourth-order valence-electron chi connectivity index (χ4n) is 3.55. The van der Waals surface area contributed by atoms with Crippen LogP contribution in [0, 0.1) is 13.8 Å². The lowest BCUT2D eigenvalue weighted by Crippen LogP contribution is -2.14. The molecule has 4 rings (SSSR count). The number of nitrogens with two attached hydrogens (primary N) is 2. The van der Waals surface area contributed by atoms with Gasteiger partial charge in [0.15, 0.2) is 0 Å². The molecule has 0 unspecified atom stereocenters. The Morgan fingerprint density at radius 2 is 1.92 bits per heavy atom. The molecule has 26 heavy (non-hydrogen) atoms. The highest BCUT2D eigenvalue weighted by atomic mass is 16.3. The third-order valence-corrected chi connectivity index (χ3v) is 4.82. The number of carbonyl (C=O) groups is 1. The molecule has 0 aliphatic carbocycles. The first-order valence-electron chi connectivity index (χ1n) is 8.04. The number of primary amides is 1. The van der Waals surface area contributed by atoms with Crippen molar-refractivity contribution in [3.05, 3.63) is 41.0 Å². The first-order valence-corrected chi connectivity index (χ1v) is 8.04. The van der Waals surface area contributed by atoms with Gasteiger partial charge in [0.25, 0.3) is 5.91 Å². The highest BCUT2D eigenvalue weighted by Crippen LogP contribution is 2.38. The number of fused-ring (bicyclic) bond motifs is 3. The Labute approximate surface area is 148 Å². The summed E-state index contributed by atoms with van der Waals surface area (Å²) in [6, 6.07) is 7.05. The molecule has 2 aromatic carbocycles. The minimum atomic E-state index is -0.620. The van der Waals surface area contributed by atoms with Crippen LogP contribution in [0.25, 0.3) is 27.6 Å². The van der Waals surface area contributed by atoms with Crippen LogP contribution in [0.5, 0.6) is 5.75 Å². The predicted octanol–water partition coefficient (Wildman–Crippen LogP) is 1.92. The molecule has 2 aromatic heterocycles. The zero-order valence-corrected chi connectivity index (χ0v) is 14.6. The number of hydrogen-bond acceptors (Lipinski definition) is 5. The van der Waals surface area contributed by atoms with Gasteiger partial charge in [-0.1, -0.05) is 11.3 Å². The monoisotopic (exact) mass is 350 g/mol. The van der Waals surface area contributed by atoms with Crippen LogP contribution < -0.4 is 11.5 Å². The number of amides is 1. The maximum Gasteiger partial charge on any atom is 0.253 e. The van der Waals surface area contributed by atoms with E-state index in [2.05, 4.69) is 10.3 Å². The van der Waals surface area contributed by atoms with Gasteiger partial charge in [-0.05, 0) is 37.6 Å². The van der Waals surface area contributed by atoms with E-state index in [0.717, 1.165) is 11.1 Å². The molecular formula is C18H18N6O2. The average Bonchev–Trinajstić information content (AvgIpc) is 3.10. The number of aromatic hydroxyl groups is 1. The molecule has 132 valence electrons. The molecule has 8 heteroatoms. The summed E-state index contributed by atoms with van der Waals surface area (Å²) in [6.45, 7) is 3.71. The average molecular weight is 350 g/mol. The van der Waals surface area contributed by atoms with E-state index in [1.807, 2.05) is 13.0 Å². The summed E-state index contributed by atoms with van der Waals surface area (Å²) < 4.78 is 3.38. The Morgan fingerprint density at radius 1 is 1.19 bits per heavy atom. The van der Waals surface area contributed by atoms with Gasteiger partial charge >= 0.3 is 0 Å². The summed E-state index contributed by atoms with van der Waals surface area (Å²) in [7, 11) is 1.79. The lowest BCUT2D eigenvalue weighted by molar-refractivity contribution is 0.100. The molecule has 0 spiro atoms. The third-order valence-electron chi connectivity index (χ3n) is 4.82. The van der Waals surface area contributed by atoms with E-state index < -0.39 is 5.91 Å². The standard InChI is InChI=1S/C18H18N6O2/c1-8-4-7-12(25)9(2)15(8)24-16-10(13(17(24)19)18(20)26)5-6-11-14(16)21-22-23(11)3/h4-7,25H,19H2,1-3H3,(H2,20,26). The molecule has 0 saturated carbocycles. The molecule has 5 N–H and O–H groups in total. The Balaban J connectivity index is 2.30. The van der Waals surface area contributed by atoms with Gasteiger partial charge in [0.2, 0.25) is 0 Å². The van der Waals surface area contributed by atoms with Crippen molar-refractivity contribution in [1.29, 1.82) is 0 Å². The fraction of sp³-hybridized carbons (Fsp3) is 0.167. The summed E-state index contributed by atoms with van der Waals surface area (Å²) in [5.74, 6) is -0.272. The van der Waals surface area contributed by atoms with Crippen LogP contribution in [0.15, 0.2) is 24.3 Å². The first-order chi connectivity index (χ1) is 12.3. The molecule has 0 aliphatic heterocycles. The molecule has 4 aromatic rings. The molecule has 0 saturated heterocycles. The summed E-state index contributed by atoms with van der Waals surface area (Å²) in [5, 5.41) is 19.1. The normalized spacial score (nSPS) is 11.5. The smallest absolute Gasteiger partial charge is 0.253 e. The van der Waals surface area contributed by atoms with Crippen LogP contribution >= 0.6 is 0 Å². The molecule has 2 heterocycles. The number of carbonyl (C=O) groups excluding carboxylic acids is 1. The SMILES string of the molecule is Cc1ccc(O)c(C)c1-n1c(N)c(C(N)=O)c2ccc3c(nnn3C)c21. The third kappa shape index (κ3) is 1.92. The Morgan fingerprint density at radius 3 is 2.62 bits per heavy atom. The number of aryl methyl sites for hydroxylation is 2. The number of aromatic nitrogens is 4. The Hall–Kier alpha value is -3.55. The van der Waals surface area contributed by atoms with E-state index in [1.54, 1.807) is 41.4 Å². The van der Waals surface area contributed by atoms with Crippen molar-refractivity contribution in [2.75, 3.05) is 5.73 Å². The number of hydrogen-bond donors (Lipinski definition) is 3. The number of rotatable bonds is 2. The van der Waals surface area contributed by atoms with E-state index in [-0.39, 0.29) is 17.1 Å². The molecule has 1 amide bonds. The molecule has 0 radical (unpaired) electrons. The van der Waals surface area contributed by atoms with Gasteiger partial charge in [0.05, 0.1) is 22.3 Å². The fourth-order valence-corrected chi connectivity index (χ4v) is 3.55. The topological polar surface area (TPSA) is 125 Å². The number of anilines is 1. The van der Waals surface area contributed by atoms with Gasteiger partial charge in [0.1, 0.15) is 17.1 Å². The summed E-state index contributed by atoms with van der Waals surface area (Å²) >= 11 is 0. The zero-order chi connectivity index (χ0) is 18.7. The van der Waals surface area contributed by atoms with Gasteiger partial charge in [-0.3, -0.25) is 9.36 Å². The molecular weight excluding hydrogens is 332 g/mol. The minimum absolute atomic E-state index is 0.138. The van der Waals surface area contributed by atoms with Crippen molar-refractivity contribution < 1.29 is 9.90 Å². The molecule has 0 atom stereocenters. The van der Waals surface area contributed by atoms with Gasteiger partial charge in [0, 0.05) is 18.0 Å². The van der Waals surface area contributed by atoms with E-state index in [9.17, 15) is 9.90 Å². The quantitative estimate of drug-likeness (QED) is 0.509. The molecule has 0 fully saturated rings. The lowest BCUT2D eigenvalue weighted by Gasteiger charge is -2.15. The van der Waals surface area contributed by atoms with Crippen LogP contribution in [0.3, 0.4) is 0 Å². The summed E-state index contributed by atoms with van der Waals surface area (Å²) in [5.41, 5.74) is 16.5. The lowest BCUT2D eigenvalue weighted by atomic mass is 10.1. The number of phenolic OH excluding ortho intramolecular Hbond substituents is 1. The van der Waals surface area contributed by atoms with Gasteiger partial charge < -0.3 is 16.6 Å². The van der Waals surface area contributed by atoms with E-state index in [1.165, 1.54) is 0 Å². The molecule has 8 nitrogen and oxygen atoms in total. The first kappa shape index (κ1) is 15.9. The van der Waals surface area contributed by atoms with Crippen LogP contribution in [0.4, 0.5) is 5.82 Å². The highest BCUT2D eigenvalue weighted by Gasteiger charge is 2.25. The van der Waals surface area contributed by atoms with Crippen LogP contribution in [-0.4, -0.2) is 30.6 Å². The number of nitrogens with zero attached hydrogens (tertiary/aromatic N) is 4. The molecule has 0 bridgehead atoms. The highest BCUT2D eigenvalue weighted by molar-refractivity contribution is 6.17. The van der Waals surface area contributed by atoms with Crippen LogP contribution in [-0.2, 0) is 7.05 Å². The second kappa shape index (κ2) is 5.22. The Kier molecular flexibility index (Phi) is 3.20. The van der Waals surface area contributed by atoms with Gasteiger partial charge in [-0.25, -0.2) is 4.68 Å². The minimum Gasteiger partial charge on any atom is -0.508 e. The zero-order valence-electron chi connectivity index (χ0n) is 14.6. The molecule has 0 aliphatic rings. The second-order valence-electron chi connectivity index (χ2n) is 6.38. The number of nitrogen functional groups attached to an aromatic ring is 1. The maximum atomic E-state index is 12.1. The number of phenols is 1. The van der Waals surface area contributed by atoms with Gasteiger partial charge in [-0.2, -0.15) is 0 Å². The van der Waals surface area contributed by atoms with E-state index >= 15 is 0 Å². The van der Waals surface area contributed by atoms with Crippen molar-refractivity contribution >= 4 is 33.7 Å². The summed E-state index contributed by atoms with van der Waals surface area (Å²) in [6.07, 6.45) is 0. The van der Waals surface area contributed by atoms with Crippen molar-refractivity contribution in [3.63, 3.8) is 0 Å². The number of benzene rings is 2. The van der Waals surface area contributed by atoms with Crippen molar-refractivity contribution in [2.45, 2.75) is 13.8 Å². The van der Waals surface area contributed by atoms with Crippen molar-refractivity contribution in [2.24, 2.45) is 12.8 Å². The van der Waals surface area contributed by atoms with Crippen molar-refractivity contribution in [1.82, 2.24) is 19.6 Å². The summed E-state index contributed by atoms with van der Waals surface area (Å²) in [4.78, 5) is 12.1. The predicted molar refractivity (Wildman–Crippen MR) is 99.4 cm³/mol.